The Hall–Kier alpha value is -0.580. The van der Waals surface area contributed by atoms with Crippen LogP contribution < -0.4 is 4.74 Å². The molecule has 1 rings (SSSR count). The average Bonchev–Trinajstić information content (AvgIpc) is 2.03. The maximum atomic E-state index is 11.2. The molecular weight excluding hydrogens is 279 g/mol. The molecule has 0 amide bonds. The Labute approximate surface area is 91.4 Å². The molecule has 0 aromatic heterocycles. The molecule has 1 aromatic carbocycles. The molecule has 0 aliphatic rings. The summed E-state index contributed by atoms with van der Waals surface area (Å²) in [5, 5.41) is 0. The van der Waals surface area contributed by atoms with Crippen LogP contribution in [0.3, 0.4) is 0 Å². The number of ketones is 1. The van der Waals surface area contributed by atoms with Crippen molar-refractivity contribution in [3.8, 4) is 5.75 Å². The Balaban J connectivity index is 3.30. The van der Waals surface area contributed by atoms with Gasteiger partial charge in [-0.3, -0.25) is 4.79 Å². The zero-order valence-corrected chi connectivity index (χ0v) is 10.0. The Morgan fingerprint density at radius 3 is 2.54 bits per heavy atom. The first-order valence-electron chi connectivity index (χ1n) is 3.91. The molecule has 1 aromatic rings. The van der Waals surface area contributed by atoms with Crippen LogP contribution in [0.15, 0.2) is 12.1 Å². The Kier molecular flexibility index (Phi) is 3.30. The van der Waals surface area contributed by atoms with E-state index >= 15 is 0 Å². The third kappa shape index (κ3) is 2.21. The van der Waals surface area contributed by atoms with Gasteiger partial charge in [0, 0.05) is 5.56 Å². The Morgan fingerprint density at radius 1 is 1.46 bits per heavy atom. The second-order valence-corrected chi connectivity index (χ2v) is 4.02. The standard InChI is InChI=1S/C10H11IO2/c1-6-4-9(11)10(13-3)5-8(6)7(2)12/h4-5H,1-3H3. The molecule has 0 spiro atoms. The van der Waals surface area contributed by atoms with Crippen molar-refractivity contribution in [2.24, 2.45) is 0 Å². The van der Waals surface area contributed by atoms with Gasteiger partial charge in [-0.1, -0.05) is 0 Å². The maximum Gasteiger partial charge on any atom is 0.160 e. The zero-order chi connectivity index (χ0) is 10.0. The van der Waals surface area contributed by atoms with Crippen LogP contribution in [0, 0.1) is 10.5 Å². The summed E-state index contributed by atoms with van der Waals surface area (Å²) >= 11 is 2.19. The van der Waals surface area contributed by atoms with Gasteiger partial charge in [-0.2, -0.15) is 0 Å². The first-order chi connectivity index (χ1) is 6.06. The molecule has 0 unspecified atom stereocenters. The molecule has 2 nitrogen and oxygen atoms in total. The van der Waals surface area contributed by atoms with E-state index in [1.54, 1.807) is 20.1 Å². The quantitative estimate of drug-likeness (QED) is 0.618. The number of methoxy groups -OCH3 is 1. The summed E-state index contributed by atoms with van der Waals surface area (Å²) in [6.07, 6.45) is 0. The van der Waals surface area contributed by atoms with E-state index in [4.69, 9.17) is 4.74 Å². The number of rotatable bonds is 2. The van der Waals surface area contributed by atoms with Crippen molar-refractivity contribution in [2.45, 2.75) is 13.8 Å². The zero-order valence-electron chi connectivity index (χ0n) is 7.85. The van der Waals surface area contributed by atoms with Gasteiger partial charge in [-0.25, -0.2) is 0 Å². The number of hydrogen-bond acceptors (Lipinski definition) is 2. The molecule has 70 valence electrons. The number of Topliss-reactive ketones (excluding diaryl/α,β-unsaturated/α-hetero) is 1. The molecule has 0 heterocycles. The minimum atomic E-state index is 0.0761. The van der Waals surface area contributed by atoms with E-state index < -0.39 is 0 Å². The molecule has 0 atom stereocenters. The van der Waals surface area contributed by atoms with Gasteiger partial charge in [0.1, 0.15) is 5.75 Å². The van der Waals surface area contributed by atoms with E-state index in [9.17, 15) is 4.79 Å². The lowest BCUT2D eigenvalue weighted by molar-refractivity contribution is 0.101. The molecule has 13 heavy (non-hydrogen) atoms. The maximum absolute atomic E-state index is 11.2. The van der Waals surface area contributed by atoms with Crippen molar-refractivity contribution in [3.05, 3.63) is 26.8 Å². The first kappa shape index (κ1) is 10.5. The van der Waals surface area contributed by atoms with E-state index in [1.165, 1.54) is 0 Å². The second-order valence-electron chi connectivity index (χ2n) is 2.86. The third-order valence-corrected chi connectivity index (χ3v) is 2.72. The minimum Gasteiger partial charge on any atom is -0.496 e. The van der Waals surface area contributed by atoms with Crippen molar-refractivity contribution < 1.29 is 9.53 Å². The summed E-state index contributed by atoms with van der Waals surface area (Å²) in [6, 6.07) is 3.75. The number of hydrogen-bond donors (Lipinski definition) is 0. The highest BCUT2D eigenvalue weighted by Crippen LogP contribution is 2.24. The molecule has 3 heteroatoms. The highest BCUT2D eigenvalue weighted by atomic mass is 127. The summed E-state index contributed by atoms with van der Waals surface area (Å²) in [5.74, 6) is 0.837. The number of benzene rings is 1. The second kappa shape index (κ2) is 4.09. The largest absolute Gasteiger partial charge is 0.496 e. The highest BCUT2D eigenvalue weighted by Gasteiger charge is 2.08. The van der Waals surface area contributed by atoms with Gasteiger partial charge >= 0.3 is 0 Å². The Morgan fingerprint density at radius 2 is 2.08 bits per heavy atom. The van der Waals surface area contributed by atoms with Crippen LogP contribution in [0.2, 0.25) is 0 Å². The molecule has 0 saturated carbocycles. The Bertz CT molecular complexity index is 345. The lowest BCUT2D eigenvalue weighted by Crippen LogP contribution is -1.98. The fourth-order valence-electron chi connectivity index (χ4n) is 1.19. The van der Waals surface area contributed by atoms with E-state index in [0.717, 1.165) is 20.4 Å². The number of aryl methyl sites for hydroxylation is 1. The molecule has 0 aliphatic carbocycles. The smallest absolute Gasteiger partial charge is 0.160 e. The molecule has 0 radical (unpaired) electrons. The van der Waals surface area contributed by atoms with Gasteiger partial charge in [0.15, 0.2) is 5.78 Å². The van der Waals surface area contributed by atoms with Crippen molar-refractivity contribution in [3.63, 3.8) is 0 Å². The summed E-state index contributed by atoms with van der Waals surface area (Å²) in [6.45, 7) is 3.49. The predicted molar refractivity (Wildman–Crippen MR) is 60.5 cm³/mol. The van der Waals surface area contributed by atoms with Crippen molar-refractivity contribution in [2.75, 3.05) is 7.11 Å². The van der Waals surface area contributed by atoms with E-state index in [2.05, 4.69) is 22.6 Å². The SMILES string of the molecule is COc1cc(C(C)=O)c(C)cc1I. The fraction of sp³-hybridized carbons (Fsp3) is 0.300. The monoisotopic (exact) mass is 290 g/mol. The number of ether oxygens (including phenoxy) is 1. The summed E-state index contributed by atoms with van der Waals surface area (Å²) < 4.78 is 6.16. The third-order valence-electron chi connectivity index (χ3n) is 1.88. The van der Waals surface area contributed by atoms with Crippen LogP contribution in [0.25, 0.3) is 0 Å². The highest BCUT2D eigenvalue weighted by molar-refractivity contribution is 14.1. The lowest BCUT2D eigenvalue weighted by Gasteiger charge is -2.07. The van der Waals surface area contributed by atoms with Gasteiger partial charge in [-0.15, -0.1) is 0 Å². The van der Waals surface area contributed by atoms with E-state index in [1.807, 2.05) is 13.0 Å². The minimum absolute atomic E-state index is 0.0761. The van der Waals surface area contributed by atoms with E-state index in [-0.39, 0.29) is 5.78 Å². The summed E-state index contributed by atoms with van der Waals surface area (Å²) in [5.41, 5.74) is 1.73. The number of halogens is 1. The van der Waals surface area contributed by atoms with Gasteiger partial charge in [0.05, 0.1) is 10.7 Å². The van der Waals surface area contributed by atoms with Gasteiger partial charge < -0.3 is 4.74 Å². The number of carbonyl (C=O) groups is 1. The topological polar surface area (TPSA) is 26.3 Å². The molecule has 0 N–H and O–H groups in total. The summed E-state index contributed by atoms with van der Waals surface area (Å²) in [4.78, 5) is 11.2. The van der Waals surface area contributed by atoms with Crippen molar-refractivity contribution in [1.82, 2.24) is 0 Å². The van der Waals surface area contributed by atoms with Gasteiger partial charge in [-0.05, 0) is 54.1 Å². The van der Waals surface area contributed by atoms with Crippen LogP contribution in [0.1, 0.15) is 22.8 Å². The normalized spacial score (nSPS) is 9.85. The van der Waals surface area contributed by atoms with Crippen molar-refractivity contribution >= 4 is 28.4 Å². The predicted octanol–water partition coefficient (Wildman–Crippen LogP) is 2.81. The molecule has 0 bridgehead atoms. The van der Waals surface area contributed by atoms with Crippen LogP contribution in [-0.4, -0.2) is 12.9 Å². The van der Waals surface area contributed by atoms with E-state index in [0.29, 0.717) is 0 Å². The first-order valence-corrected chi connectivity index (χ1v) is 4.99. The lowest BCUT2D eigenvalue weighted by atomic mass is 10.1. The van der Waals surface area contributed by atoms with Crippen LogP contribution in [0.4, 0.5) is 0 Å². The van der Waals surface area contributed by atoms with Crippen molar-refractivity contribution in [1.29, 1.82) is 0 Å². The van der Waals surface area contributed by atoms with Crippen LogP contribution >= 0.6 is 22.6 Å². The molecular formula is C10H11IO2. The van der Waals surface area contributed by atoms with Gasteiger partial charge in [0.25, 0.3) is 0 Å². The van der Waals surface area contributed by atoms with Gasteiger partial charge in [0.2, 0.25) is 0 Å². The number of carbonyl (C=O) groups excluding carboxylic acids is 1. The summed E-state index contributed by atoms with van der Waals surface area (Å²) in [7, 11) is 1.61. The van der Waals surface area contributed by atoms with Crippen LogP contribution in [-0.2, 0) is 0 Å². The van der Waals surface area contributed by atoms with Crippen LogP contribution in [0.5, 0.6) is 5.75 Å². The molecule has 0 fully saturated rings. The molecule has 0 saturated heterocycles. The fourth-order valence-corrected chi connectivity index (χ4v) is 2.03. The average molecular weight is 290 g/mol. The molecule has 0 aliphatic heterocycles.